The van der Waals surface area contributed by atoms with E-state index >= 15 is 0 Å². The normalized spacial score (nSPS) is 10.9. The van der Waals surface area contributed by atoms with Crippen molar-refractivity contribution in [1.29, 1.82) is 0 Å². The fourth-order valence-corrected chi connectivity index (χ4v) is 2.72. The van der Waals surface area contributed by atoms with E-state index in [1.807, 2.05) is 6.07 Å². The Labute approximate surface area is 110 Å². The summed E-state index contributed by atoms with van der Waals surface area (Å²) in [6.45, 7) is 0. The number of fused-ring (bicyclic) bond motifs is 1. The molecule has 90 valence electrons. The number of aromatic nitrogens is 3. The smallest absolute Gasteiger partial charge is 0.356 e. The molecule has 0 saturated carbocycles. The number of nitrogens with zero attached hydrogens (tertiary/aromatic N) is 3. The lowest BCUT2D eigenvalue weighted by molar-refractivity contribution is 0.0691. The molecule has 18 heavy (non-hydrogen) atoms. The van der Waals surface area contributed by atoms with Gasteiger partial charge >= 0.3 is 5.97 Å². The second-order valence-electron chi connectivity index (χ2n) is 3.54. The maximum absolute atomic E-state index is 10.9. The second kappa shape index (κ2) is 4.08. The van der Waals surface area contributed by atoms with E-state index in [9.17, 15) is 4.79 Å². The molecule has 0 atom stereocenters. The van der Waals surface area contributed by atoms with Crippen molar-refractivity contribution in [2.24, 2.45) is 0 Å². The van der Waals surface area contributed by atoms with Crippen molar-refractivity contribution in [3.63, 3.8) is 0 Å². The van der Waals surface area contributed by atoms with Gasteiger partial charge in [0.1, 0.15) is 0 Å². The first-order chi connectivity index (χ1) is 8.65. The van der Waals surface area contributed by atoms with Crippen LogP contribution in [-0.4, -0.2) is 25.4 Å². The maximum Gasteiger partial charge on any atom is 0.356 e. The zero-order valence-electron chi connectivity index (χ0n) is 8.87. The lowest BCUT2D eigenvalue weighted by Gasteiger charge is -2.00. The number of hydrogen-bond acceptors (Lipinski definition) is 4. The number of halogens is 1. The van der Waals surface area contributed by atoms with E-state index < -0.39 is 5.97 Å². The molecule has 0 amide bonds. The third-order valence-electron chi connectivity index (χ3n) is 2.41. The number of aromatic carboxylic acids is 1. The van der Waals surface area contributed by atoms with E-state index in [1.54, 1.807) is 22.7 Å². The monoisotopic (exact) mass is 279 g/mol. The highest BCUT2D eigenvalue weighted by atomic mass is 35.5. The number of hydrogen-bond donors (Lipinski definition) is 1. The van der Waals surface area contributed by atoms with Gasteiger partial charge in [-0.1, -0.05) is 11.6 Å². The van der Waals surface area contributed by atoms with Gasteiger partial charge in [-0.25, -0.2) is 14.8 Å². The average Bonchev–Trinajstić information content (AvgIpc) is 2.94. The summed E-state index contributed by atoms with van der Waals surface area (Å²) >= 11 is 7.32. The minimum absolute atomic E-state index is 0.0300. The van der Waals surface area contributed by atoms with Crippen molar-refractivity contribution in [3.8, 4) is 10.6 Å². The van der Waals surface area contributed by atoms with Crippen LogP contribution in [0.5, 0.6) is 0 Å². The van der Waals surface area contributed by atoms with Crippen LogP contribution in [0.4, 0.5) is 0 Å². The zero-order valence-corrected chi connectivity index (χ0v) is 10.4. The van der Waals surface area contributed by atoms with Crippen molar-refractivity contribution in [2.45, 2.75) is 0 Å². The number of rotatable bonds is 2. The molecule has 0 aliphatic heterocycles. The molecular weight excluding hydrogens is 274 g/mol. The molecule has 3 heterocycles. The van der Waals surface area contributed by atoms with Crippen LogP contribution < -0.4 is 0 Å². The Balaban J connectivity index is 2.26. The van der Waals surface area contributed by atoms with E-state index in [1.165, 1.54) is 17.5 Å². The molecule has 0 spiro atoms. The number of thiophene rings is 1. The first-order valence-electron chi connectivity index (χ1n) is 4.98. The first-order valence-corrected chi connectivity index (χ1v) is 6.18. The van der Waals surface area contributed by atoms with Crippen LogP contribution in [0.15, 0.2) is 30.6 Å². The lowest BCUT2D eigenvalue weighted by atomic mass is 10.3. The van der Waals surface area contributed by atoms with E-state index in [4.69, 9.17) is 16.7 Å². The van der Waals surface area contributed by atoms with Gasteiger partial charge in [-0.3, -0.25) is 4.40 Å². The van der Waals surface area contributed by atoms with Crippen LogP contribution >= 0.6 is 22.9 Å². The van der Waals surface area contributed by atoms with Crippen LogP contribution in [0, 0.1) is 0 Å². The average molecular weight is 280 g/mol. The summed E-state index contributed by atoms with van der Waals surface area (Å²) in [5.41, 5.74) is 0.787. The Bertz CT molecular complexity index is 750. The molecule has 0 radical (unpaired) electrons. The molecule has 0 fully saturated rings. The van der Waals surface area contributed by atoms with Gasteiger partial charge in [0, 0.05) is 12.4 Å². The number of carbonyl (C=O) groups is 1. The Hall–Kier alpha value is -1.92. The molecule has 3 rings (SSSR count). The fourth-order valence-electron chi connectivity index (χ4n) is 1.65. The molecular formula is C11H6ClN3O2S. The molecule has 0 bridgehead atoms. The standard InChI is InChI=1S/C11H6ClN3O2S/c12-9-2-1-8(18-9)7-3-4-13-11-14-6(10(16)17)5-15(7)11/h1-5H,(H,16,17). The van der Waals surface area contributed by atoms with Crippen LogP contribution in [-0.2, 0) is 0 Å². The Morgan fingerprint density at radius 3 is 2.89 bits per heavy atom. The highest BCUT2D eigenvalue weighted by Crippen LogP contribution is 2.30. The predicted octanol–water partition coefficient (Wildman–Crippen LogP) is 2.81. The molecule has 5 nitrogen and oxygen atoms in total. The summed E-state index contributed by atoms with van der Waals surface area (Å²) in [6, 6.07) is 5.47. The topological polar surface area (TPSA) is 67.5 Å². The van der Waals surface area contributed by atoms with E-state index in [0.717, 1.165) is 10.6 Å². The number of imidazole rings is 1. The summed E-state index contributed by atoms with van der Waals surface area (Å²) in [6.07, 6.45) is 3.05. The summed E-state index contributed by atoms with van der Waals surface area (Å²) in [5.74, 6) is -0.718. The fraction of sp³-hybridized carbons (Fsp3) is 0. The molecule has 0 aromatic carbocycles. The summed E-state index contributed by atoms with van der Waals surface area (Å²) in [7, 11) is 0. The minimum atomic E-state index is -1.07. The van der Waals surface area contributed by atoms with E-state index in [2.05, 4.69) is 9.97 Å². The summed E-state index contributed by atoms with van der Waals surface area (Å²) < 4.78 is 2.32. The SMILES string of the molecule is O=C(O)c1cn2c(-c3ccc(Cl)s3)ccnc2n1. The zero-order chi connectivity index (χ0) is 12.7. The van der Waals surface area contributed by atoms with Crippen LogP contribution in [0.2, 0.25) is 4.34 Å². The third kappa shape index (κ3) is 1.75. The Morgan fingerprint density at radius 2 is 2.22 bits per heavy atom. The molecule has 3 aromatic heterocycles. The molecule has 0 aliphatic rings. The summed E-state index contributed by atoms with van der Waals surface area (Å²) in [5, 5.41) is 8.93. The van der Waals surface area contributed by atoms with Gasteiger partial charge in [0.25, 0.3) is 0 Å². The number of carboxylic acids is 1. The first kappa shape index (κ1) is 11.2. The third-order valence-corrected chi connectivity index (χ3v) is 3.67. The van der Waals surface area contributed by atoms with Gasteiger partial charge < -0.3 is 5.11 Å². The quantitative estimate of drug-likeness (QED) is 0.783. The highest BCUT2D eigenvalue weighted by molar-refractivity contribution is 7.19. The number of carboxylic acid groups (broad SMARTS) is 1. The Kier molecular flexibility index (Phi) is 2.53. The van der Waals surface area contributed by atoms with Crippen LogP contribution in [0.1, 0.15) is 10.5 Å². The second-order valence-corrected chi connectivity index (χ2v) is 5.25. The van der Waals surface area contributed by atoms with Crippen molar-refractivity contribution < 1.29 is 9.90 Å². The van der Waals surface area contributed by atoms with Crippen molar-refractivity contribution in [2.75, 3.05) is 0 Å². The van der Waals surface area contributed by atoms with Crippen molar-refractivity contribution in [1.82, 2.24) is 14.4 Å². The van der Waals surface area contributed by atoms with E-state index in [0.29, 0.717) is 10.1 Å². The molecule has 0 aliphatic carbocycles. The summed E-state index contributed by atoms with van der Waals surface area (Å²) in [4.78, 5) is 19.8. The van der Waals surface area contributed by atoms with Crippen molar-refractivity contribution in [3.05, 3.63) is 40.6 Å². The molecule has 1 N–H and O–H groups in total. The lowest BCUT2D eigenvalue weighted by Crippen LogP contribution is -1.95. The van der Waals surface area contributed by atoms with Gasteiger partial charge in [-0.05, 0) is 18.2 Å². The predicted molar refractivity (Wildman–Crippen MR) is 68.3 cm³/mol. The molecule has 0 unspecified atom stereocenters. The Morgan fingerprint density at radius 1 is 1.39 bits per heavy atom. The molecule has 7 heteroatoms. The minimum Gasteiger partial charge on any atom is -0.476 e. The van der Waals surface area contributed by atoms with E-state index in [-0.39, 0.29) is 5.69 Å². The van der Waals surface area contributed by atoms with Crippen LogP contribution in [0.3, 0.4) is 0 Å². The van der Waals surface area contributed by atoms with Gasteiger partial charge in [0.15, 0.2) is 5.69 Å². The van der Waals surface area contributed by atoms with Crippen LogP contribution in [0.25, 0.3) is 16.3 Å². The highest BCUT2D eigenvalue weighted by Gasteiger charge is 2.13. The molecule has 3 aromatic rings. The van der Waals surface area contributed by atoms with Gasteiger partial charge in [-0.2, -0.15) is 0 Å². The van der Waals surface area contributed by atoms with Gasteiger partial charge in [0.2, 0.25) is 5.78 Å². The van der Waals surface area contributed by atoms with Gasteiger partial charge in [0.05, 0.1) is 14.9 Å². The maximum atomic E-state index is 10.9. The molecule has 0 saturated heterocycles. The van der Waals surface area contributed by atoms with Gasteiger partial charge in [-0.15, -0.1) is 11.3 Å². The largest absolute Gasteiger partial charge is 0.476 e. The van der Waals surface area contributed by atoms with Crippen molar-refractivity contribution >= 4 is 34.7 Å².